The molecule has 1 aliphatic carbocycles. The van der Waals surface area contributed by atoms with Crippen LogP contribution in [0.4, 0.5) is 0 Å². The van der Waals surface area contributed by atoms with E-state index in [1.54, 1.807) is 0 Å². The van der Waals surface area contributed by atoms with Crippen LogP contribution in [0.1, 0.15) is 49.9 Å². The fourth-order valence-electron chi connectivity index (χ4n) is 4.66. The number of nitrogens with zero attached hydrogens (tertiary/aromatic N) is 4. The van der Waals surface area contributed by atoms with E-state index in [-0.39, 0.29) is 24.0 Å². The van der Waals surface area contributed by atoms with Crippen LogP contribution in [0.2, 0.25) is 0 Å². The number of hydrogen-bond donors (Lipinski definition) is 2. The summed E-state index contributed by atoms with van der Waals surface area (Å²) in [6.45, 7) is 3.92. The molecule has 1 saturated carbocycles. The minimum absolute atomic E-state index is 0. The molecule has 1 saturated heterocycles. The summed E-state index contributed by atoms with van der Waals surface area (Å²) in [6.07, 6.45) is 11.9. The number of piperidine rings is 1. The van der Waals surface area contributed by atoms with Crippen molar-refractivity contribution in [3.05, 3.63) is 54.1 Å². The maximum absolute atomic E-state index is 4.53. The molecular formula is C23H35IN6. The molecular weight excluding hydrogens is 487 g/mol. The summed E-state index contributed by atoms with van der Waals surface area (Å²) < 4.78 is 2.19. The third kappa shape index (κ3) is 6.20. The summed E-state index contributed by atoms with van der Waals surface area (Å²) in [7, 11) is 1.85. The van der Waals surface area contributed by atoms with Gasteiger partial charge in [0.2, 0.25) is 0 Å². The van der Waals surface area contributed by atoms with Gasteiger partial charge in [0, 0.05) is 51.2 Å². The SMILES string of the molecule is CN=C(NCc1nccn1Cc1ccccc1)NC1CCN(C2CCCC2)CC1.I. The second-order valence-electron chi connectivity index (χ2n) is 8.28. The van der Waals surface area contributed by atoms with Crippen LogP contribution >= 0.6 is 24.0 Å². The van der Waals surface area contributed by atoms with Gasteiger partial charge in [-0.15, -0.1) is 24.0 Å². The van der Waals surface area contributed by atoms with Gasteiger partial charge in [-0.1, -0.05) is 43.2 Å². The average Bonchev–Trinajstić information content (AvgIpc) is 3.45. The van der Waals surface area contributed by atoms with Crippen molar-refractivity contribution in [2.45, 2.75) is 63.7 Å². The van der Waals surface area contributed by atoms with E-state index in [2.05, 4.69) is 54.3 Å². The summed E-state index contributed by atoms with van der Waals surface area (Å²) in [5.41, 5.74) is 1.28. The van der Waals surface area contributed by atoms with Crippen LogP contribution in [-0.4, -0.2) is 52.6 Å². The highest BCUT2D eigenvalue weighted by Crippen LogP contribution is 2.26. The maximum Gasteiger partial charge on any atom is 0.191 e. The highest BCUT2D eigenvalue weighted by atomic mass is 127. The molecule has 1 aliphatic heterocycles. The lowest BCUT2D eigenvalue weighted by Gasteiger charge is -2.36. The molecule has 1 aromatic carbocycles. The number of benzene rings is 1. The van der Waals surface area contributed by atoms with Gasteiger partial charge in [0.05, 0.1) is 6.54 Å². The van der Waals surface area contributed by atoms with Crippen LogP contribution in [0, 0.1) is 0 Å². The summed E-state index contributed by atoms with van der Waals surface area (Å²) in [5.74, 6) is 1.89. The lowest BCUT2D eigenvalue weighted by atomic mass is 10.0. The Morgan fingerprint density at radius 3 is 2.53 bits per heavy atom. The predicted molar refractivity (Wildman–Crippen MR) is 133 cm³/mol. The summed E-state index contributed by atoms with van der Waals surface area (Å²) in [6, 6.07) is 11.8. The van der Waals surface area contributed by atoms with E-state index in [1.807, 2.05) is 25.5 Å². The molecule has 2 aromatic rings. The van der Waals surface area contributed by atoms with Crippen molar-refractivity contribution in [3.63, 3.8) is 0 Å². The number of imidazole rings is 1. The standard InChI is InChI=1S/C23H34N6.HI/c1-24-23(27-20-11-14-28(15-12-20)21-9-5-6-10-21)26-17-22-25-13-16-29(22)18-19-7-3-2-4-8-19;/h2-4,7-8,13,16,20-21H,5-6,9-12,14-15,17-18H2,1H3,(H2,24,26,27);1H. The zero-order valence-corrected chi connectivity index (χ0v) is 20.3. The van der Waals surface area contributed by atoms with Crippen molar-refractivity contribution in [3.8, 4) is 0 Å². The van der Waals surface area contributed by atoms with Crippen molar-refractivity contribution in [2.75, 3.05) is 20.1 Å². The number of rotatable bonds is 6. The molecule has 4 rings (SSSR count). The molecule has 0 bridgehead atoms. The topological polar surface area (TPSA) is 57.5 Å². The first-order chi connectivity index (χ1) is 14.3. The van der Waals surface area contributed by atoms with Gasteiger partial charge in [0.15, 0.2) is 5.96 Å². The largest absolute Gasteiger partial charge is 0.354 e. The fraction of sp³-hybridized carbons (Fsp3) is 0.565. The average molecular weight is 522 g/mol. The molecule has 1 aromatic heterocycles. The zero-order valence-electron chi connectivity index (χ0n) is 18.0. The van der Waals surface area contributed by atoms with Crippen molar-refractivity contribution < 1.29 is 0 Å². The molecule has 0 spiro atoms. The molecule has 164 valence electrons. The van der Waals surface area contributed by atoms with E-state index in [0.29, 0.717) is 12.6 Å². The zero-order chi connectivity index (χ0) is 19.9. The van der Waals surface area contributed by atoms with Gasteiger partial charge in [-0.2, -0.15) is 0 Å². The molecule has 6 nitrogen and oxygen atoms in total. The minimum Gasteiger partial charge on any atom is -0.354 e. The highest BCUT2D eigenvalue weighted by molar-refractivity contribution is 14.0. The molecule has 0 amide bonds. The lowest BCUT2D eigenvalue weighted by Crippen LogP contribution is -2.50. The Morgan fingerprint density at radius 1 is 1.10 bits per heavy atom. The van der Waals surface area contributed by atoms with Gasteiger partial charge >= 0.3 is 0 Å². The summed E-state index contributed by atoms with van der Waals surface area (Å²) >= 11 is 0. The Bertz CT molecular complexity index is 776. The number of guanidine groups is 1. The Morgan fingerprint density at radius 2 is 1.83 bits per heavy atom. The molecule has 0 radical (unpaired) electrons. The van der Waals surface area contributed by atoms with E-state index in [9.17, 15) is 0 Å². The molecule has 30 heavy (non-hydrogen) atoms. The molecule has 2 aliphatic rings. The first kappa shape index (κ1) is 23.1. The van der Waals surface area contributed by atoms with Crippen LogP contribution in [0.5, 0.6) is 0 Å². The Kier molecular flexibility index (Phi) is 8.99. The van der Waals surface area contributed by atoms with Crippen molar-refractivity contribution in [1.82, 2.24) is 25.1 Å². The summed E-state index contributed by atoms with van der Waals surface area (Å²) in [4.78, 5) is 11.7. The third-order valence-electron chi connectivity index (χ3n) is 6.35. The van der Waals surface area contributed by atoms with Crippen molar-refractivity contribution in [1.29, 1.82) is 0 Å². The van der Waals surface area contributed by atoms with Gasteiger partial charge in [-0.25, -0.2) is 4.98 Å². The first-order valence-electron chi connectivity index (χ1n) is 11.1. The van der Waals surface area contributed by atoms with E-state index in [0.717, 1.165) is 24.4 Å². The molecule has 0 unspecified atom stereocenters. The number of aliphatic imine (C=N–C) groups is 1. The predicted octanol–water partition coefficient (Wildman–Crippen LogP) is 3.62. The summed E-state index contributed by atoms with van der Waals surface area (Å²) in [5, 5.41) is 7.08. The van der Waals surface area contributed by atoms with Crippen LogP contribution in [0.25, 0.3) is 0 Å². The van der Waals surface area contributed by atoms with Gasteiger partial charge in [-0.05, 0) is 31.2 Å². The maximum atomic E-state index is 4.53. The van der Waals surface area contributed by atoms with Crippen LogP contribution < -0.4 is 10.6 Å². The van der Waals surface area contributed by atoms with Crippen LogP contribution in [-0.2, 0) is 13.1 Å². The van der Waals surface area contributed by atoms with Crippen LogP contribution in [0.3, 0.4) is 0 Å². The molecule has 2 fully saturated rings. The second-order valence-corrected chi connectivity index (χ2v) is 8.28. The quantitative estimate of drug-likeness (QED) is 0.346. The second kappa shape index (κ2) is 11.7. The Labute approximate surface area is 197 Å². The molecule has 7 heteroatoms. The number of aromatic nitrogens is 2. The monoisotopic (exact) mass is 522 g/mol. The molecule has 0 atom stereocenters. The number of halogens is 1. The smallest absolute Gasteiger partial charge is 0.191 e. The lowest BCUT2D eigenvalue weighted by molar-refractivity contribution is 0.150. The number of nitrogens with one attached hydrogen (secondary N) is 2. The van der Waals surface area contributed by atoms with E-state index in [1.165, 1.54) is 57.2 Å². The third-order valence-corrected chi connectivity index (χ3v) is 6.35. The van der Waals surface area contributed by atoms with Crippen molar-refractivity contribution in [2.24, 2.45) is 4.99 Å². The number of likely N-dealkylation sites (tertiary alicyclic amines) is 1. The first-order valence-corrected chi connectivity index (χ1v) is 11.1. The number of hydrogen-bond acceptors (Lipinski definition) is 3. The highest BCUT2D eigenvalue weighted by Gasteiger charge is 2.27. The van der Waals surface area contributed by atoms with Gasteiger partial charge in [-0.3, -0.25) is 4.99 Å². The normalized spacial score (nSPS) is 18.9. The van der Waals surface area contributed by atoms with E-state index < -0.39 is 0 Å². The fourth-order valence-corrected chi connectivity index (χ4v) is 4.66. The Hall–Kier alpha value is -1.61. The van der Waals surface area contributed by atoms with Gasteiger partial charge in [0.25, 0.3) is 0 Å². The van der Waals surface area contributed by atoms with Gasteiger partial charge < -0.3 is 20.1 Å². The van der Waals surface area contributed by atoms with E-state index in [4.69, 9.17) is 0 Å². The molecule has 2 heterocycles. The van der Waals surface area contributed by atoms with E-state index >= 15 is 0 Å². The van der Waals surface area contributed by atoms with Crippen molar-refractivity contribution >= 4 is 29.9 Å². The molecule has 2 N–H and O–H groups in total. The van der Waals surface area contributed by atoms with Gasteiger partial charge in [0.1, 0.15) is 5.82 Å². The van der Waals surface area contributed by atoms with Crippen LogP contribution in [0.15, 0.2) is 47.7 Å². The Balaban J connectivity index is 0.00000256. The minimum atomic E-state index is 0.